The maximum absolute atomic E-state index is 13.4. The molecule has 2 amide bonds. The molecule has 202 valence electrons. The van der Waals surface area contributed by atoms with Gasteiger partial charge >= 0.3 is 0 Å². The molecule has 10 heteroatoms. The standard InChI is InChI=1S/C27H36ClN3O5S/c1-20(27(33)29-23-11-4-5-12-23)30(19-21-9-6-14-25(17-21)36-2)26(32)15-8-16-31(37(3,34)35)24-13-7-10-22(28)18-24/h6-7,9-10,13-14,17-18,20,23H,4-5,8,11-12,15-16,19H2,1-3H3,(H,29,33)/t20-/m1/s1. The van der Waals surface area contributed by atoms with Gasteiger partial charge in [-0.05, 0) is 62.1 Å². The van der Waals surface area contributed by atoms with Gasteiger partial charge in [0.05, 0.1) is 19.1 Å². The number of carbonyl (C=O) groups excluding carboxylic acids is 2. The number of ether oxygens (including phenoxy) is 1. The molecule has 2 aromatic rings. The number of halogens is 1. The van der Waals surface area contributed by atoms with Gasteiger partial charge in [-0.3, -0.25) is 13.9 Å². The van der Waals surface area contributed by atoms with Gasteiger partial charge in [-0.2, -0.15) is 0 Å². The lowest BCUT2D eigenvalue weighted by molar-refractivity contribution is -0.141. The molecule has 1 atom stereocenters. The van der Waals surface area contributed by atoms with E-state index in [1.54, 1.807) is 43.2 Å². The molecule has 0 radical (unpaired) electrons. The molecule has 1 aliphatic rings. The van der Waals surface area contributed by atoms with Crippen molar-refractivity contribution in [2.75, 3.05) is 24.2 Å². The molecule has 0 saturated heterocycles. The lowest BCUT2D eigenvalue weighted by atomic mass is 10.1. The number of carbonyl (C=O) groups is 2. The average molecular weight is 550 g/mol. The highest BCUT2D eigenvalue weighted by atomic mass is 35.5. The van der Waals surface area contributed by atoms with E-state index in [2.05, 4.69) is 5.32 Å². The molecule has 0 aliphatic heterocycles. The van der Waals surface area contributed by atoms with E-state index in [0.717, 1.165) is 37.5 Å². The minimum Gasteiger partial charge on any atom is -0.497 e. The molecule has 3 rings (SSSR count). The molecule has 37 heavy (non-hydrogen) atoms. The van der Waals surface area contributed by atoms with Crippen LogP contribution in [0, 0.1) is 0 Å². The van der Waals surface area contributed by atoms with E-state index < -0.39 is 16.1 Å². The average Bonchev–Trinajstić information content (AvgIpc) is 3.37. The quantitative estimate of drug-likeness (QED) is 0.424. The minimum atomic E-state index is -3.58. The van der Waals surface area contributed by atoms with Crippen LogP contribution in [-0.2, 0) is 26.2 Å². The van der Waals surface area contributed by atoms with Crippen LogP contribution in [0.5, 0.6) is 5.75 Å². The van der Waals surface area contributed by atoms with Gasteiger partial charge in [0.25, 0.3) is 0 Å². The Bertz CT molecular complexity index is 1180. The van der Waals surface area contributed by atoms with Gasteiger partial charge in [-0.15, -0.1) is 0 Å². The van der Waals surface area contributed by atoms with Gasteiger partial charge in [0.1, 0.15) is 11.8 Å². The van der Waals surface area contributed by atoms with Gasteiger partial charge in [-0.25, -0.2) is 8.42 Å². The number of nitrogens with one attached hydrogen (secondary N) is 1. The molecule has 8 nitrogen and oxygen atoms in total. The van der Waals surface area contributed by atoms with Crippen LogP contribution in [0.2, 0.25) is 5.02 Å². The van der Waals surface area contributed by atoms with E-state index in [1.165, 1.54) is 4.31 Å². The molecule has 1 saturated carbocycles. The van der Waals surface area contributed by atoms with Gasteiger partial charge in [0.15, 0.2) is 0 Å². The first-order valence-corrected chi connectivity index (χ1v) is 14.8. The second-order valence-corrected chi connectivity index (χ2v) is 11.8. The third-order valence-corrected chi connectivity index (χ3v) is 8.03. The second kappa shape index (κ2) is 13.1. The van der Waals surface area contributed by atoms with Crippen LogP contribution < -0.4 is 14.4 Å². The van der Waals surface area contributed by atoms with Gasteiger partial charge in [-0.1, -0.05) is 42.6 Å². The van der Waals surface area contributed by atoms with Crippen LogP contribution in [0.25, 0.3) is 0 Å². The number of amides is 2. The third-order valence-electron chi connectivity index (χ3n) is 6.60. The third kappa shape index (κ3) is 8.36. The predicted octanol–water partition coefficient (Wildman–Crippen LogP) is 4.37. The molecule has 0 heterocycles. The zero-order valence-corrected chi connectivity index (χ0v) is 23.2. The number of methoxy groups -OCH3 is 1. The van der Waals surface area contributed by atoms with Crippen molar-refractivity contribution < 1.29 is 22.7 Å². The highest BCUT2D eigenvalue weighted by Gasteiger charge is 2.29. The van der Waals surface area contributed by atoms with E-state index in [0.29, 0.717) is 16.5 Å². The molecular formula is C27H36ClN3O5S. The maximum Gasteiger partial charge on any atom is 0.242 e. The fourth-order valence-corrected chi connectivity index (χ4v) is 5.72. The molecule has 1 fully saturated rings. The van der Waals surface area contributed by atoms with Crippen LogP contribution in [0.4, 0.5) is 5.69 Å². The Hall–Kier alpha value is -2.78. The predicted molar refractivity (Wildman–Crippen MR) is 146 cm³/mol. The van der Waals surface area contributed by atoms with Crippen molar-refractivity contribution in [2.24, 2.45) is 0 Å². The molecule has 1 N–H and O–H groups in total. The second-order valence-electron chi connectivity index (χ2n) is 9.46. The molecule has 2 aromatic carbocycles. The fraction of sp³-hybridized carbons (Fsp3) is 0.481. The lowest BCUT2D eigenvalue weighted by Crippen LogP contribution is -2.49. The summed E-state index contributed by atoms with van der Waals surface area (Å²) in [4.78, 5) is 28.1. The summed E-state index contributed by atoms with van der Waals surface area (Å²) in [5, 5.41) is 3.51. The SMILES string of the molecule is COc1cccc(CN(C(=O)CCCN(c2cccc(Cl)c2)S(C)(=O)=O)[C@H](C)C(=O)NC2CCCC2)c1. The van der Waals surface area contributed by atoms with E-state index in [9.17, 15) is 18.0 Å². The topological polar surface area (TPSA) is 96.0 Å². The Labute approximate surface area is 225 Å². The van der Waals surface area contributed by atoms with Crippen LogP contribution in [0.1, 0.15) is 51.0 Å². The minimum absolute atomic E-state index is 0.0810. The molecule has 0 aromatic heterocycles. The number of benzene rings is 2. The number of hydrogen-bond donors (Lipinski definition) is 1. The largest absolute Gasteiger partial charge is 0.497 e. The summed E-state index contributed by atoms with van der Waals surface area (Å²) in [6.45, 7) is 2.08. The van der Waals surface area contributed by atoms with Crippen molar-refractivity contribution in [3.05, 3.63) is 59.1 Å². The highest BCUT2D eigenvalue weighted by molar-refractivity contribution is 7.92. The molecule has 0 spiro atoms. The van der Waals surface area contributed by atoms with Crippen molar-refractivity contribution in [3.63, 3.8) is 0 Å². The number of anilines is 1. The van der Waals surface area contributed by atoms with E-state index >= 15 is 0 Å². The maximum atomic E-state index is 13.4. The Morgan fingerprint density at radius 1 is 1.14 bits per heavy atom. The number of sulfonamides is 1. The van der Waals surface area contributed by atoms with Crippen molar-refractivity contribution in [2.45, 2.75) is 64.1 Å². The molecule has 0 bridgehead atoms. The van der Waals surface area contributed by atoms with E-state index in [-0.39, 0.29) is 43.8 Å². The van der Waals surface area contributed by atoms with E-state index in [1.807, 2.05) is 24.3 Å². The Balaban J connectivity index is 1.73. The summed E-state index contributed by atoms with van der Waals surface area (Å²) in [7, 11) is -2.00. The normalized spacial score (nSPS) is 14.7. The fourth-order valence-electron chi connectivity index (χ4n) is 4.58. The number of hydrogen-bond acceptors (Lipinski definition) is 5. The number of nitrogens with zero attached hydrogens (tertiary/aromatic N) is 2. The van der Waals surface area contributed by atoms with Gasteiger partial charge in [0.2, 0.25) is 21.8 Å². The van der Waals surface area contributed by atoms with Crippen molar-refractivity contribution in [3.8, 4) is 5.75 Å². The van der Waals surface area contributed by atoms with Crippen molar-refractivity contribution in [1.29, 1.82) is 0 Å². The monoisotopic (exact) mass is 549 g/mol. The summed E-state index contributed by atoms with van der Waals surface area (Å²) >= 11 is 6.06. The number of rotatable bonds is 12. The summed E-state index contributed by atoms with van der Waals surface area (Å²) < 4.78 is 31.4. The van der Waals surface area contributed by atoms with Crippen LogP contribution in [0.15, 0.2) is 48.5 Å². The van der Waals surface area contributed by atoms with Gasteiger partial charge in [0, 0.05) is 30.6 Å². The van der Waals surface area contributed by atoms with Crippen molar-refractivity contribution >= 4 is 39.1 Å². The summed E-state index contributed by atoms with van der Waals surface area (Å²) in [5.41, 5.74) is 1.28. The summed E-state index contributed by atoms with van der Waals surface area (Å²) in [5.74, 6) is 0.259. The van der Waals surface area contributed by atoms with Crippen LogP contribution >= 0.6 is 11.6 Å². The Morgan fingerprint density at radius 2 is 1.84 bits per heavy atom. The van der Waals surface area contributed by atoms with Gasteiger partial charge < -0.3 is 15.0 Å². The summed E-state index contributed by atoms with van der Waals surface area (Å²) in [6.07, 6.45) is 5.58. The first kappa shape index (κ1) is 28.8. The molecular weight excluding hydrogens is 514 g/mol. The smallest absolute Gasteiger partial charge is 0.242 e. The first-order valence-electron chi connectivity index (χ1n) is 12.5. The Morgan fingerprint density at radius 3 is 2.49 bits per heavy atom. The van der Waals surface area contributed by atoms with Crippen LogP contribution in [-0.4, -0.2) is 57.1 Å². The lowest BCUT2D eigenvalue weighted by Gasteiger charge is -2.30. The Kier molecular flexibility index (Phi) is 10.2. The van der Waals surface area contributed by atoms with Crippen molar-refractivity contribution in [1.82, 2.24) is 10.2 Å². The zero-order chi connectivity index (χ0) is 27.0. The first-order chi connectivity index (χ1) is 17.6. The molecule has 0 unspecified atom stereocenters. The summed E-state index contributed by atoms with van der Waals surface area (Å²) in [6, 6.07) is 13.4. The zero-order valence-electron chi connectivity index (χ0n) is 21.7. The van der Waals surface area contributed by atoms with Crippen LogP contribution in [0.3, 0.4) is 0 Å². The highest BCUT2D eigenvalue weighted by Crippen LogP contribution is 2.23. The van der Waals surface area contributed by atoms with E-state index in [4.69, 9.17) is 16.3 Å². The molecule has 1 aliphatic carbocycles.